The lowest BCUT2D eigenvalue weighted by atomic mass is 10.0. The normalized spacial score (nSPS) is 14.7. The Kier molecular flexibility index (Phi) is 8.32. The van der Waals surface area contributed by atoms with Crippen LogP contribution in [0.4, 0.5) is 0 Å². The average Bonchev–Trinajstić information content (AvgIpc) is 2.44. The standard InChI is InChI=1S/C14H26N4O4/c1-8(2)12(15)14(22)18(5)6-11(20)17-10(4)13(21)16-9(3)7-19/h7-10,12H,6,15H2,1-5H3,(H,16,21)(H,17,20)/t9-,10?,12?/m1/s1. The van der Waals surface area contributed by atoms with E-state index >= 15 is 0 Å². The van der Waals surface area contributed by atoms with Gasteiger partial charge in [0.1, 0.15) is 12.3 Å². The summed E-state index contributed by atoms with van der Waals surface area (Å²) in [4.78, 5) is 47.1. The summed E-state index contributed by atoms with van der Waals surface area (Å²) in [5.41, 5.74) is 5.74. The minimum absolute atomic E-state index is 0.0347. The monoisotopic (exact) mass is 314 g/mol. The predicted molar refractivity (Wildman–Crippen MR) is 81.7 cm³/mol. The molecule has 0 bridgehead atoms. The maximum atomic E-state index is 11.9. The van der Waals surface area contributed by atoms with E-state index in [1.165, 1.54) is 25.8 Å². The third-order valence-electron chi connectivity index (χ3n) is 3.11. The number of hydrogen-bond acceptors (Lipinski definition) is 5. The molecule has 4 N–H and O–H groups in total. The summed E-state index contributed by atoms with van der Waals surface area (Å²) < 4.78 is 0. The van der Waals surface area contributed by atoms with E-state index in [9.17, 15) is 19.2 Å². The van der Waals surface area contributed by atoms with Crippen LogP contribution < -0.4 is 16.4 Å². The molecule has 0 aromatic carbocycles. The van der Waals surface area contributed by atoms with Crippen molar-refractivity contribution in [3.8, 4) is 0 Å². The van der Waals surface area contributed by atoms with Crippen LogP contribution in [0.3, 0.4) is 0 Å². The SMILES string of the molecule is CC(NC(=O)CN(C)C(=O)C(N)C(C)C)C(=O)N[C@H](C)C=O. The molecule has 0 fully saturated rings. The van der Waals surface area contributed by atoms with Crippen molar-refractivity contribution >= 4 is 24.0 Å². The molecular weight excluding hydrogens is 288 g/mol. The molecule has 0 heterocycles. The smallest absolute Gasteiger partial charge is 0.242 e. The first-order valence-corrected chi connectivity index (χ1v) is 7.15. The van der Waals surface area contributed by atoms with Crippen molar-refractivity contribution in [2.45, 2.75) is 45.8 Å². The van der Waals surface area contributed by atoms with Gasteiger partial charge in [0, 0.05) is 7.05 Å². The van der Waals surface area contributed by atoms with Crippen LogP contribution in [0, 0.1) is 5.92 Å². The summed E-state index contributed by atoms with van der Waals surface area (Å²) in [7, 11) is 1.48. The van der Waals surface area contributed by atoms with Gasteiger partial charge in [0.2, 0.25) is 17.7 Å². The second kappa shape index (κ2) is 9.14. The predicted octanol–water partition coefficient (Wildman–Crippen LogP) is -1.36. The molecule has 126 valence electrons. The van der Waals surface area contributed by atoms with Gasteiger partial charge in [-0.1, -0.05) is 13.8 Å². The number of carbonyl (C=O) groups is 4. The summed E-state index contributed by atoms with van der Waals surface area (Å²) >= 11 is 0. The summed E-state index contributed by atoms with van der Waals surface area (Å²) in [6.45, 7) is 6.46. The third kappa shape index (κ3) is 6.66. The Morgan fingerprint density at radius 1 is 1.14 bits per heavy atom. The first kappa shape index (κ1) is 20.0. The van der Waals surface area contributed by atoms with E-state index in [2.05, 4.69) is 10.6 Å². The van der Waals surface area contributed by atoms with Crippen molar-refractivity contribution in [2.75, 3.05) is 13.6 Å². The molecule has 0 aromatic rings. The van der Waals surface area contributed by atoms with E-state index in [1.54, 1.807) is 0 Å². The quantitative estimate of drug-likeness (QED) is 0.478. The molecule has 22 heavy (non-hydrogen) atoms. The average molecular weight is 314 g/mol. The van der Waals surface area contributed by atoms with Gasteiger partial charge < -0.3 is 26.1 Å². The van der Waals surface area contributed by atoms with Crippen molar-refractivity contribution in [1.29, 1.82) is 0 Å². The van der Waals surface area contributed by atoms with Gasteiger partial charge in [-0.15, -0.1) is 0 Å². The number of likely N-dealkylation sites (N-methyl/N-ethyl adjacent to an activating group) is 1. The van der Waals surface area contributed by atoms with Gasteiger partial charge in [-0.25, -0.2) is 0 Å². The van der Waals surface area contributed by atoms with Crippen molar-refractivity contribution in [1.82, 2.24) is 15.5 Å². The van der Waals surface area contributed by atoms with E-state index in [0.29, 0.717) is 6.29 Å². The van der Waals surface area contributed by atoms with Crippen LogP contribution in [0.5, 0.6) is 0 Å². The number of carbonyl (C=O) groups excluding carboxylic acids is 4. The van der Waals surface area contributed by atoms with Gasteiger partial charge in [0.25, 0.3) is 0 Å². The molecule has 0 aromatic heterocycles. The van der Waals surface area contributed by atoms with E-state index < -0.39 is 29.9 Å². The summed E-state index contributed by atoms with van der Waals surface area (Å²) in [5.74, 6) is -1.32. The molecule has 0 saturated heterocycles. The second-order valence-electron chi connectivity index (χ2n) is 5.69. The molecule has 0 aliphatic rings. The lowest BCUT2D eigenvalue weighted by Gasteiger charge is -2.23. The van der Waals surface area contributed by atoms with Gasteiger partial charge in [0.15, 0.2) is 0 Å². The Bertz CT molecular complexity index is 425. The number of nitrogens with two attached hydrogens (primary N) is 1. The van der Waals surface area contributed by atoms with Crippen LogP contribution in [-0.2, 0) is 19.2 Å². The van der Waals surface area contributed by atoms with E-state index in [4.69, 9.17) is 5.73 Å². The number of aldehydes is 1. The van der Waals surface area contributed by atoms with Crippen molar-refractivity contribution < 1.29 is 19.2 Å². The minimum atomic E-state index is -0.808. The van der Waals surface area contributed by atoms with E-state index in [0.717, 1.165) is 0 Å². The van der Waals surface area contributed by atoms with Gasteiger partial charge in [-0.3, -0.25) is 14.4 Å². The molecule has 8 heteroatoms. The minimum Gasteiger partial charge on any atom is -0.345 e. The fraction of sp³-hybridized carbons (Fsp3) is 0.714. The molecule has 0 aliphatic carbocycles. The largest absolute Gasteiger partial charge is 0.345 e. The Morgan fingerprint density at radius 3 is 2.14 bits per heavy atom. The van der Waals surface area contributed by atoms with E-state index in [1.807, 2.05) is 13.8 Å². The zero-order valence-corrected chi connectivity index (χ0v) is 13.8. The van der Waals surface area contributed by atoms with Gasteiger partial charge in [-0.05, 0) is 19.8 Å². The highest BCUT2D eigenvalue weighted by atomic mass is 16.2. The molecule has 3 amide bonds. The fourth-order valence-corrected chi connectivity index (χ4v) is 1.57. The van der Waals surface area contributed by atoms with Gasteiger partial charge in [-0.2, -0.15) is 0 Å². The molecule has 2 unspecified atom stereocenters. The van der Waals surface area contributed by atoms with Crippen LogP contribution in [0.1, 0.15) is 27.7 Å². The molecule has 8 nitrogen and oxygen atoms in total. The zero-order chi connectivity index (χ0) is 17.4. The highest BCUT2D eigenvalue weighted by Crippen LogP contribution is 2.02. The number of nitrogens with zero attached hydrogens (tertiary/aromatic N) is 1. The topological polar surface area (TPSA) is 122 Å². The van der Waals surface area contributed by atoms with Crippen LogP contribution >= 0.6 is 0 Å². The van der Waals surface area contributed by atoms with Gasteiger partial charge >= 0.3 is 0 Å². The third-order valence-corrected chi connectivity index (χ3v) is 3.11. The van der Waals surface area contributed by atoms with Crippen LogP contribution in [0.25, 0.3) is 0 Å². The Morgan fingerprint density at radius 2 is 1.68 bits per heavy atom. The summed E-state index contributed by atoms with van der Waals surface area (Å²) in [5, 5.41) is 4.88. The van der Waals surface area contributed by atoms with Crippen molar-refractivity contribution in [3.05, 3.63) is 0 Å². The lowest BCUT2D eigenvalue weighted by molar-refractivity contribution is -0.137. The number of rotatable bonds is 8. The maximum Gasteiger partial charge on any atom is 0.242 e. The van der Waals surface area contributed by atoms with Crippen molar-refractivity contribution in [2.24, 2.45) is 11.7 Å². The molecule has 0 radical (unpaired) electrons. The van der Waals surface area contributed by atoms with Crippen molar-refractivity contribution in [3.63, 3.8) is 0 Å². The Labute approximate surface area is 130 Å². The first-order valence-electron chi connectivity index (χ1n) is 7.15. The Balaban J connectivity index is 4.41. The molecule has 0 saturated carbocycles. The second-order valence-corrected chi connectivity index (χ2v) is 5.69. The molecule has 0 aliphatic heterocycles. The zero-order valence-electron chi connectivity index (χ0n) is 13.8. The lowest BCUT2D eigenvalue weighted by Crippen LogP contribution is -2.52. The van der Waals surface area contributed by atoms with Crippen LogP contribution in [0.15, 0.2) is 0 Å². The summed E-state index contributed by atoms with van der Waals surface area (Å²) in [6.07, 6.45) is 0.589. The molecular formula is C14H26N4O4. The van der Waals surface area contributed by atoms with Crippen LogP contribution in [-0.4, -0.2) is 60.6 Å². The molecule has 0 spiro atoms. The first-order chi connectivity index (χ1) is 10.1. The number of amides is 3. The highest BCUT2D eigenvalue weighted by Gasteiger charge is 2.24. The molecule has 3 atom stereocenters. The van der Waals surface area contributed by atoms with E-state index in [-0.39, 0.29) is 18.4 Å². The van der Waals surface area contributed by atoms with Gasteiger partial charge in [0.05, 0.1) is 18.6 Å². The van der Waals surface area contributed by atoms with Crippen LogP contribution in [0.2, 0.25) is 0 Å². The number of hydrogen-bond donors (Lipinski definition) is 3. The highest BCUT2D eigenvalue weighted by molar-refractivity contribution is 5.91. The fourth-order valence-electron chi connectivity index (χ4n) is 1.57. The summed E-state index contributed by atoms with van der Waals surface area (Å²) in [6, 6.07) is -2.11. The Hall–Kier alpha value is -1.96. The maximum absolute atomic E-state index is 11.9. The number of nitrogens with one attached hydrogen (secondary N) is 2. The molecule has 0 rings (SSSR count).